The number of carbonyl (C=O) groups excluding carboxylic acids is 1. The fourth-order valence-electron chi connectivity index (χ4n) is 4.13. The molecule has 33 heavy (non-hydrogen) atoms. The predicted octanol–water partition coefficient (Wildman–Crippen LogP) is 6.95. The number of aryl methyl sites for hydroxylation is 2. The van der Waals surface area contributed by atoms with E-state index in [1.807, 2.05) is 64.2 Å². The molecule has 4 aromatic rings. The lowest BCUT2D eigenvalue weighted by Crippen LogP contribution is -2.33. The molecule has 0 aliphatic rings. The van der Waals surface area contributed by atoms with Crippen molar-refractivity contribution < 1.29 is 13.9 Å². The van der Waals surface area contributed by atoms with Crippen LogP contribution in [0, 0.1) is 19.7 Å². The average molecular weight is 445 g/mol. The van der Waals surface area contributed by atoms with Crippen LogP contribution < -0.4 is 4.74 Å². The number of aromatic nitrogens is 1. The van der Waals surface area contributed by atoms with Gasteiger partial charge in [0.05, 0.1) is 0 Å². The Balaban J connectivity index is 1.82. The number of rotatable bonds is 6. The Morgan fingerprint density at radius 2 is 1.70 bits per heavy atom. The van der Waals surface area contributed by atoms with Crippen LogP contribution in [-0.4, -0.2) is 28.6 Å². The van der Waals surface area contributed by atoms with Gasteiger partial charge in [0.25, 0.3) is 0 Å². The largest absolute Gasteiger partial charge is 0.415 e. The van der Waals surface area contributed by atoms with Crippen molar-refractivity contribution in [2.24, 2.45) is 0 Å². The van der Waals surface area contributed by atoms with E-state index in [0.717, 1.165) is 38.7 Å². The molecule has 0 radical (unpaired) electrons. The molecular weight excluding hydrogens is 415 g/mol. The van der Waals surface area contributed by atoms with E-state index in [1.54, 1.807) is 17.0 Å². The molecule has 1 aromatic heterocycles. The summed E-state index contributed by atoms with van der Waals surface area (Å²) in [5.41, 5.74) is 5.99. The minimum absolute atomic E-state index is 0.238. The Morgan fingerprint density at radius 3 is 2.39 bits per heavy atom. The summed E-state index contributed by atoms with van der Waals surface area (Å²) >= 11 is 0. The van der Waals surface area contributed by atoms with Gasteiger partial charge in [0.15, 0.2) is 0 Å². The third-order valence-electron chi connectivity index (χ3n) is 6.13. The van der Waals surface area contributed by atoms with Crippen molar-refractivity contribution in [2.75, 3.05) is 13.1 Å². The maximum Gasteiger partial charge on any atom is 0.415 e. The summed E-state index contributed by atoms with van der Waals surface area (Å²) in [7, 11) is 0. The molecule has 0 fully saturated rings. The fourth-order valence-corrected chi connectivity index (χ4v) is 4.13. The molecule has 0 spiro atoms. The average Bonchev–Trinajstić information content (AvgIpc) is 3.20. The van der Waals surface area contributed by atoms with Gasteiger partial charge in [0.2, 0.25) is 0 Å². The zero-order valence-corrected chi connectivity index (χ0v) is 19.6. The third kappa shape index (κ3) is 4.63. The molecule has 5 heteroatoms. The van der Waals surface area contributed by atoms with Crippen LogP contribution in [0.15, 0.2) is 66.9 Å². The molecule has 170 valence electrons. The smallest absolute Gasteiger partial charge is 0.410 e. The number of benzene rings is 3. The summed E-state index contributed by atoms with van der Waals surface area (Å²) in [6, 6.07) is 18.9. The zero-order chi connectivity index (χ0) is 23.5. The standard InChI is InChI=1S/C28H29FN2O2/c1-5-30(6-2)28(32)33-26-14-13-25-24(27(26)21-10-7-19(3)8-11-21)15-16-31(25)18-22-17-23(29)12-9-20(22)4/h7-17H,5-6,18H2,1-4H3. The van der Waals surface area contributed by atoms with Crippen molar-refractivity contribution >= 4 is 17.0 Å². The van der Waals surface area contributed by atoms with Crippen molar-refractivity contribution in [2.45, 2.75) is 34.2 Å². The van der Waals surface area contributed by atoms with Gasteiger partial charge in [-0.25, -0.2) is 9.18 Å². The number of hydrogen-bond acceptors (Lipinski definition) is 2. The molecule has 0 aliphatic carbocycles. The molecule has 1 heterocycles. The van der Waals surface area contributed by atoms with Gasteiger partial charge in [-0.3, -0.25) is 0 Å². The zero-order valence-electron chi connectivity index (χ0n) is 19.6. The molecule has 0 atom stereocenters. The second-order valence-electron chi connectivity index (χ2n) is 8.29. The molecule has 0 bridgehead atoms. The van der Waals surface area contributed by atoms with Crippen LogP contribution >= 0.6 is 0 Å². The molecule has 3 aromatic carbocycles. The second kappa shape index (κ2) is 9.49. The van der Waals surface area contributed by atoms with Gasteiger partial charge in [-0.15, -0.1) is 0 Å². The van der Waals surface area contributed by atoms with E-state index in [9.17, 15) is 9.18 Å². The van der Waals surface area contributed by atoms with E-state index in [1.165, 1.54) is 6.07 Å². The highest BCUT2D eigenvalue weighted by molar-refractivity contribution is 5.99. The van der Waals surface area contributed by atoms with Crippen molar-refractivity contribution in [3.8, 4) is 16.9 Å². The van der Waals surface area contributed by atoms with E-state index in [-0.39, 0.29) is 11.9 Å². The van der Waals surface area contributed by atoms with Gasteiger partial charge < -0.3 is 14.2 Å². The second-order valence-corrected chi connectivity index (χ2v) is 8.29. The maximum atomic E-state index is 13.8. The highest BCUT2D eigenvalue weighted by Gasteiger charge is 2.19. The van der Waals surface area contributed by atoms with Crippen LogP contribution in [0.25, 0.3) is 22.0 Å². The van der Waals surface area contributed by atoms with Crippen LogP contribution in [0.1, 0.15) is 30.5 Å². The van der Waals surface area contributed by atoms with Crippen LogP contribution in [0.4, 0.5) is 9.18 Å². The topological polar surface area (TPSA) is 34.5 Å². The molecular formula is C28H29FN2O2. The van der Waals surface area contributed by atoms with Crippen LogP contribution in [-0.2, 0) is 6.54 Å². The van der Waals surface area contributed by atoms with Crippen LogP contribution in [0.5, 0.6) is 5.75 Å². The van der Waals surface area contributed by atoms with Crippen molar-refractivity contribution in [1.82, 2.24) is 9.47 Å². The van der Waals surface area contributed by atoms with E-state index < -0.39 is 0 Å². The predicted molar refractivity (Wildman–Crippen MR) is 131 cm³/mol. The molecule has 0 saturated carbocycles. The van der Waals surface area contributed by atoms with Gasteiger partial charge in [-0.05, 0) is 74.7 Å². The first-order valence-electron chi connectivity index (χ1n) is 11.3. The van der Waals surface area contributed by atoms with Crippen molar-refractivity contribution in [3.05, 3.63) is 89.4 Å². The number of amides is 1. The maximum absolute atomic E-state index is 13.8. The normalized spacial score (nSPS) is 11.1. The van der Waals surface area contributed by atoms with Gasteiger partial charge in [-0.1, -0.05) is 35.9 Å². The minimum atomic E-state index is -0.359. The first-order valence-corrected chi connectivity index (χ1v) is 11.3. The number of fused-ring (bicyclic) bond motifs is 1. The number of nitrogens with zero attached hydrogens (tertiary/aromatic N) is 2. The highest BCUT2D eigenvalue weighted by atomic mass is 19.1. The van der Waals surface area contributed by atoms with Crippen LogP contribution in [0.3, 0.4) is 0 Å². The van der Waals surface area contributed by atoms with Gasteiger partial charge in [0.1, 0.15) is 11.6 Å². The van der Waals surface area contributed by atoms with E-state index in [0.29, 0.717) is 25.4 Å². The summed E-state index contributed by atoms with van der Waals surface area (Å²) in [5, 5.41) is 0.984. The van der Waals surface area contributed by atoms with Gasteiger partial charge >= 0.3 is 6.09 Å². The third-order valence-corrected chi connectivity index (χ3v) is 6.13. The lowest BCUT2D eigenvalue weighted by atomic mass is 9.99. The van der Waals surface area contributed by atoms with Gasteiger partial charge in [0, 0.05) is 42.3 Å². The lowest BCUT2D eigenvalue weighted by Gasteiger charge is -2.20. The number of carbonyl (C=O) groups is 1. The SMILES string of the molecule is CCN(CC)C(=O)Oc1ccc2c(ccn2Cc2cc(F)ccc2C)c1-c1ccc(C)cc1. The summed E-state index contributed by atoms with van der Waals surface area (Å²) in [5.74, 6) is 0.293. The molecule has 0 aliphatic heterocycles. The minimum Gasteiger partial charge on any atom is -0.410 e. The molecule has 0 unspecified atom stereocenters. The molecule has 1 amide bonds. The molecule has 4 rings (SSSR count). The summed E-state index contributed by atoms with van der Waals surface area (Å²) in [4.78, 5) is 14.4. The first kappa shape index (κ1) is 22.6. The molecule has 4 nitrogen and oxygen atoms in total. The van der Waals surface area contributed by atoms with E-state index in [4.69, 9.17) is 4.74 Å². The van der Waals surface area contributed by atoms with Crippen molar-refractivity contribution in [3.63, 3.8) is 0 Å². The van der Waals surface area contributed by atoms with E-state index >= 15 is 0 Å². The Labute approximate surface area is 194 Å². The Morgan fingerprint density at radius 1 is 0.970 bits per heavy atom. The molecule has 0 saturated heterocycles. The van der Waals surface area contributed by atoms with Crippen molar-refractivity contribution in [1.29, 1.82) is 0 Å². The monoisotopic (exact) mass is 444 g/mol. The van der Waals surface area contributed by atoms with E-state index in [2.05, 4.69) is 16.7 Å². The Hall–Kier alpha value is -3.60. The Kier molecular flexibility index (Phi) is 6.50. The summed E-state index contributed by atoms with van der Waals surface area (Å²) < 4.78 is 21.8. The highest BCUT2D eigenvalue weighted by Crippen LogP contribution is 2.38. The summed E-state index contributed by atoms with van der Waals surface area (Å²) in [6.07, 6.45) is 1.64. The number of ether oxygens (including phenoxy) is 1. The first-order chi connectivity index (χ1) is 15.9. The van der Waals surface area contributed by atoms with Gasteiger partial charge in [-0.2, -0.15) is 0 Å². The molecule has 0 N–H and O–H groups in total. The summed E-state index contributed by atoms with van der Waals surface area (Å²) in [6.45, 7) is 9.62. The quantitative estimate of drug-likeness (QED) is 0.322. The lowest BCUT2D eigenvalue weighted by molar-refractivity contribution is 0.157. The van der Waals surface area contributed by atoms with Crippen LogP contribution in [0.2, 0.25) is 0 Å². The Bertz CT molecular complexity index is 1290. The number of hydrogen-bond donors (Lipinski definition) is 0. The fraction of sp³-hybridized carbons (Fsp3) is 0.250. The number of halogens is 1.